The first-order chi connectivity index (χ1) is 12.5. The van der Waals surface area contributed by atoms with Gasteiger partial charge in [-0.15, -0.1) is 0 Å². The van der Waals surface area contributed by atoms with Crippen LogP contribution >= 0.6 is 0 Å². The van der Waals surface area contributed by atoms with Gasteiger partial charge in [-0.25, -0.2) is 0 Å². The predicted octanol–water partition coefficient (Wildman–Crippen LogP) is 7.03. The Morgan fingerprint density at radius 1 is 0.731 bits per heavy atom. The molecule has 3 aromatic carbocycles. The average molecular weight is 339 g/mol. The number of hydrogen-bond donors (Lipinski definition) is 0. The van der Waals surface area contributed by atoms with E-state index in [4.69, 9.17) is 4.98 Å². The van der Waals surface area contributed by atoms with Crippen molar-refractivity contribution in [2.24, 2.45) is 5.41 Å². The fourth-order valence-corrected chi connectivity index (χ4v) is 3.37. The molecule has 1 heterocycles. The van der Waals surface area contributed by atoms with Crippen LogP contribution in [0.25, 0.3) is 32.8 Å². The molecule has 0 spiro atoms. The molecule has 0 radical (unpaired) electrons. The van der Waals surface area contributed by atoms with Gasteiger partial charge in [-0.1, -0.05) is 69.3 Å². The smallest absolute Gasteiger partial charge is 0.0708 e. The van der Waals surface area contributed by atoms with Crippen molar-refractivity contribution >= 4 is 21.5 Å². The maximum absolute atomic E-state index is 4.73. The van der Waals surface area contributed by atoms with Gasteiger partial charge in [0.15, 0.2) is 0 Å². The number of aryl methyl sites for hydroxylation is 1. The summed E-state index contributed by atoms with van der Waals surface area (Å²) in [6, 6.07) is 24.0. The number of hydrogen-bond acceptors (Lipinski definition) is 1. The van der Waals surface area contributed by atoms with Crippen LogP contribution in [0.4, 0.5) is 0 Å². The van der Waals surface area contributed by atoms with E-state index in [9.17, 15) is 0 Å². The number of rotatable bonds is 3. The summed E-state index contributed by atoms with van der Waals surface area (Å²) in [5.74, 6) is 0. The normalized spacial score (nSPS) is 12.0. The Labute approximate surface area is 155 Å². The number of benzene rings is 3. The molecule has 0 bridgehead atoms. The van der Waals surface area contributed by atoms with Crippen molar-refractivity contribution in [2.45, 2.75) is 33.6 Å². The summed E-state index contributed by atoms with van der Waals surface area (Å²) < 4.78 is 0. The van der Waals surface area contributed by atoms with Gasteiger partial charge in [0.2, 0.25) is 0 Å². The Bertz CT molecular complexity index is 1070. The largest absolute Gasteiger partial charge is 0.256 e. The molecule has 0 aliphatic carbocycles. The molecule has 0 aliphatic heterocycles. The van der Waals surface area contributed by atoms with Crippen LogP contribution in [-0.4, -0.2) is 4.98 Å². The molecule has 0 aliphatic rings. The molecule has 0 N–H and O–H groups in total. The lowest BCUT2D eigenvalue weighted by atomic mass is 9.88. The lowest BCUT2D eigenvalue weighted by Gasteiger charge is -2.17. The van der Waals surface area contributed by atoms with Crippen LogP contribution < -0.4 is 0 Å². The molecule has 0 atom stereocenters. The molecule has 1 nitrogen and oxygen atoms in total. The number of aromatic nitrogens is 1. The van der Waals surface area contributed by atoms with E-state index in [1.54, 1.807) is 0 Å². The van der Waals surface area contributed by atoms with Crippen LogP contribution in [0.3, 0.4) is 0 Å². The van der Waals surface area contributed by atoms with Gasteiger partial charge >= 0.3 is 0 Å². The Kier molecular flexibility index (Phi) is 4.24. The highest BCUT2D eigenvalue weighted by Crippen LogP contribution is 2.27. The quantitative estimate of drug-likeness (QED) is 0.390. The van der Waals surface area contributed by atoms with Gasteiger partial charge in [-0.05, 0) is 58.2 Å². The first kappa shape index (κ1) is 16.8. The van der Waals surface area contributed by atoms with Gasteiger partial charge in [0.25, 0.3) is 0 Å². The summed E-state index contributed by atoms with van der Waals surface area (Å²) >= 11 is 0. The van der Waals surface area contributed by atoms with E-state index < -0.39 is 0 Å². The monoisotopic (exact) mass is 339 g/mol. The van der Waals surface area contributed by atoms with Crippen molar-refractivity contribution in [1.29, 1.82) is 0 Å². The second-order valence-corrected chi connectivity index (χ2v) is 8.37. The average Bonchev–Trinajstić information content (AvgIpc) is 2.65. The first-order valence-corrected chi connectivity index (χ1v) is 9.36. The SMILES string of the molecule is CC(C)(C)CCc1ccc2cc(-c3ccc4ccccc4c3)ncc2c1. The highest BCUT2D eigenvalue weighted by Gasteiger charge is 2.10. The summed E-state index contributed by atoms with van der Waals surface area (Å²) in [6.45, 7) is 6.89. The number of nitrogens with zero attached hydrogens (tertiary/aromatic N) is 1. The van der Waals surface area contributed by atoms with Gasteiger partial charge < -0.3 is 0 Å². The van der Waals surface area contributed by atoms with Crippen LogP contribution in [0.15, 0.2) is 72.9 Å². The van der Waals surface area contributed by atoms with E-state index in [0.29, 0.717) is 5.41 Å². The van der Waals surface area contributed by atoms with Crippen LogP contribution in [-0.2, 0) is 6.42 Å². The van der Waals surface area contributed by atoms with Gasteiger partial charge in [0.05, 0.1) is 5.69 Å². The van der Waals surface area contributed by atoms with Crippen molar-refractivity contribution in [3.63, 3.8) is 0 Å². The van der Waals surface area contributed by atoms with Gasteiger partial charge in [0.1, 0.15) is 0 Å². The summed E-state index contributed by atoms with van der Waals surface area (Å²) in [7, 11) is 0. The summed E-state index contributed by atoms with van der Waals surface area (Å²) in [5, 5.41) is 4.99. The minimum Gasteiger partial charge on any atom is -0.256 e. The van der Waals surface area contributed by atoms with Crippen LogP contribution in [0, 0.1) is 5.41 Å². The van der Waals surface area contributed by atoms with E-state index in [0.717, 1.165) is 12.1 Å². The van der Waals surface area contributed by atoms with Crippen molar-refractivity contribution in [1.82, 2.24) is 4.98 Å². The fraction of sp³-hybridized carbons (Fsp3) is 0.240. The molecular weight excluding hydrogens is 314 g/mol. The maximum atomic E-state index is 4.73. The Morgan fingerprint density at radius 3 is 2.27 bits per heavy atom. The highest BCUT2D eigenvalue weighted by atomic mass is 14.7. The fourth-order valence-electron chi connectivity index (χ4n) is 3.37. The van der Waals surface area contributed by atoms with Crippen molar-refractivity contribution in [3.8, 4) is 11.3 Å². The Morgan fingerprint density at radius 2 is 1.46 bits per heavy atom. The van der Waals surface area contributed by atoms with Crippen LogP contribution in [0.1, 0.15) is 32.8 Å². The number of pyridine rings is 1. The zero-order valence-electron chi connectivity index (χ0n) is 15.8. The Hall–Kier alpha value is -2.67. The number of fused-ring (bicyclic) bond motifs is 2. The third kappa shape index (κ3) is 3.62. The second kappa shape index (κ2) is 6.57. The molecule has 4 rings (SSSR count). The molecule has 0 fully saturated rings. The van der Waals surface area contributed by atoms with Gasteiger partial charge in [-0.3, -0.25) is 4.98 Å². The third-order valence-electron chi connectivity index (χ3n) is 5.00. The lowest BCUT2D eigenvalue weighted by Crippen LogP contribution is -2.06. The van der Waals surface area contributed by atoms with Gasteiger partial charge in [0, 0.05) is 17.1 Å². The highest BCUT2D eigenvalue weighted by molar-refractivity contribution is 5.89. The van der Waals surface area contributed by atoms with E-state index in [1.807, 2.05) is 6.20 Å². The molecule has 0 saturated carbocycles. The lowest BCUT2D eigenvalue weighted by molar-refractivity contribution is 0.378. The summed E-state index contributed by atoms with van der Waals surface area (Å²) in [6.07, 6.45) is 4.33. The summed E-state index contributed by atoms with van der Waals surface area (Å²) in [5.41, 5.74) is 3.97. The molecule has 0 unspecified atom stereocenters. The van der Waals surface area contributed by atoms with E-state index in [1.165, 1.54) is 39.1 Å². The Balaban J connectivity index is 1.66. The third-order valence-corrected chi connectivity index (χ3v) is 5.00. The molecule has 0 amide bonds. The molecule has 4 aromatic rings. The van der Waals surface area contributed by atoms with Crippen molar-refractivity contribution < 1.29 is 0 Å². The topological polar surface area (TPSA) is 12.9 Å². The minimum absolute atomic E-state index is 0.368. The molecule has 0 saturated heterocycles. The van der Waals surface area contributed by atoms with E-state index in [-0.39, 0.29) is 0 Å². The van der Waals surface area contributed by atoms with Crippen molar-refractivity contribution in [2.75, 3.05) is 0 Å². The standard InChI is InChI=1S/C25H25N/c1-25(2,3)13-12-18-8-9-21-16-24(26-17-23(21)14-18)22-11-10-19-6-4-5-7-20(19)15-22/h4-11,14-17H,12-13H2,1-3H3. The molecule has 1 heteroatoms. The molecule has 26 heavy (non-hydrogen) atoms. The molecular formula is C25H25N. The first-order valence-electron chi connectivity index (χ1n) is 9.36. The zero-order chi connectivity index (χ0) is 18.1. The zero-order valence-corrected chi connectivity index (χ0v) is 15.8. The molecule has 1 aromatic heterocycles. The van der Waals surface area contributed by atoms with Crippen molar-refractivity contribution in [3.05, 3.63) is 78.5 Å². The van der Waals surface area contributed by atoms with E-state index in [2.05, 4.69) is 87.5 Å². The van der Waals surface area contributed by atoms with E-state index >= 15 is 0 Å². The maximum Gasteiger partial charge on any atom is 0.0708 e. The second-order valence-electron chi connectivity index (χ2n) is 8.37. The van der Waals surface area contributed by atoms with Crippen LogP contribution in [0.5, 0.6) is 0 Å². The minimum atomic E-state index is 0.368. The predicted molar refractivity (Wildman–Crippen MR) is 112 cm³/mol. The van der Waals surface area contributed by atoms with Gasteiger partial charge in [-0.2, -0.15) is 0 Å². The van der Waals surface area contributed by atoms with Crippen LogP contribution in [0.2, 0.25) is 0 Å². The summed E-state index contributed by atoms with van der Waals surface area (Å²) in [4.78, 5) is 4.73. The molecule has 130 valence electrons.